The van der Waals surface area contributed by atoms with E-state index in [0.717, 1.165) is 0 Å². The first-order chi connectivity index (χ1) is 9.47. The van der Waals surface area contributed by atoms with Crippen molar-refractivity contribution in [1.82, 2.24) is 4.98 Å². The average molecular weight is 293 g/mol. The SMILES string of the molecule is N=C(N)c1cccc(Oc2ccc(Cl)cc2[N+](=O)[O-])n1. The molecule has 2 aromatic rings. The number of nitro benzene ring substituents is 1. The summed E-state index contributed by atoms with van der Waals surface area (Å²) < 4.78 is 5.35. The number of benzene rings is 1. The summed E-state index contributed by atoms with van der Waals surface area (Å²) in [6, 6.07) is 8.66. The summed E-state index contributed by atoms with van der Waals surface area (Å²) in [5.74, 6) is -0.114. The molecule has 0 atom stereocenters. The Morgan fingerprint density at radius 3 is 2.80 bits per heavy atom. The summed E-state index contributed by atoms with van der Waals surface area (Å²) in [6.45, 7) is 0. The molecule has 0 amide bonds. The molecule has 0 unspecified atom stereocenters. The molecule has 0 aliphatic rings. The summed E-state index contributed by atoms with van der Waals surface area (Å²) in [5.41, 5.74) is 5.26. The number of hydrogen-bond acceptors (Lipinski definition) is 5. The number of nitrogens with two attached hydrogens (primary N) is 1. The molecule has 0 radical (unpaired) electrons. The second-order valence-corrected chi connectivity index (χ2v) is 4.18. The van der Waals surface area contributed by atoms with E-state index in [4.69, 9.17) is 27.5 Å². The smallest absolute Gasteiger partial charge is 0.313 e. The van der Waals surface area contributed by atoms with E-state index in [-0.39, 0.29) is 33.9 Å². The highest BCUT2D eigenvalue weighted by Gasteiger charge is 2.17. The minimum absolute atomic E-state index is 0.00704. The Balaban J connectivity index is 2.37. The van der Waals surface area contributed by atoms with Gasteiger partial charge in [-0.1, -0.05) is 17.7 Å². The second kappa shape index (κ2) is 5.54. The maximum absolute atomic E-state index is 10.9. The zero-order valence-electron chi connectivity index (χ0n) is 10.0. The van der Waals surface area contributed by atoms with Gasteiger partial charge in [-0.25, -0.2) is 4.98 Å². The van der Waals surface area contributed by atoms with Gasteiger partial charge in [0.05, 0.1) is 4.92 Å². The van der Waals surface area contributed by atoms with Crippen molar-refractivity contribution in [2.45, 2.75) is 0 Å². The van der Waals surface area contributed by atoms with Crippen molar-refractivity contribution < 1.29 is 9.66 Å². The van der Waals surface area contributed by atoms with Gasteiger partial charge in [0.1, 0.15) is 11.5 Å². The third kappa shape index (κ3) is 3.01. The average Bonchev–Trinajstić information content (AvgIpc) is 2.41. The highest BCUT2D eigenvalue weighted by Crippen LogP contribution is 2.32. The number of nitrogens with zero attached hydrogens (tertiary/aromatic N) is 2. The van der Waals surface area contributed by atoms with Crippen molar-refractivity contribution in [2.75, 3.05) is 0 Å². The predicted octanol–water partition coefficient (Wildman–Crippen LogP) is 2.72. The van der Waals surface area contributed by atoms with Crippen LogP contribution in [0.25, 0.3) is 0 Å². The normalized spacial score (nSPS) is 10.1. The van der Waals surface area contributed by atoms with E-state index in [1.165, 1.54) is 30.3 Å². The lowest BCUT2D eigenvalue weighted by atomic mass is 10.3. The van der Waals surface area contributed by atoms with Crippen molar-refractivity contribution in [3.05, 3.63) is 57.2 Å². The fourth-order valence-electron chi connectivity index (χ4n) is 1.45. The van der Waals surface area contributed by atoms with Crippen molar-refractivity contribution >= 4 is 23.1 Å². The molecule has 0 saturated heterocycles. The van der Waals surface area contributed by atoms with Gasteiger partial charge in [-0.05, 0) is 18.2 Å². The molecule has 0 spiro atoms. The van der Waals surface area contributed by atoms with Gasteiger partial charge in [-0.2, -0.15) is 0 Å². The lowest BCUT2D eigenvalue weighted by Gasteiger charge is -2.06. The molecular formula is C12H9ClN4O3. The molecule has 8 heteroatoms. The maximum Gasteiger partial charge on any atom is 0.313 e. The first-order valence-corrected chi connectivity index (χ1v) is 5.78. The highest BCUT2D eigenvalue weighted by molar-refractivity contribution is 6.30. The monoisotopic (exact) mass is 292 g/mol. The molecule has 102 valence electrons. The van der Waals surface area contributed by atoms with Gasteiger partial charge in [0, 0.05) is 17.2 Å². The van der Waals surface area contributed by atoms with Crippen LogP contribution in [0, 0.1) is 15.5 Å². The predicted molar refractivity (Wildman–Crippen MR) is 73.4 cm³/mol. The number of amidine groups is 1. The Morgan fingerprint density at radius 1 is 1.40 bits per heavy atom. The van der Waals surface area contributed by atoms with Gasteiger partial charge in [0.2, 0.25) is 11.6 Å². The molecule has 0 aliphatic carbocycles. The van der Waals surface area contributed by atoms with Gasteiger partial charge in [0.15, 0.2) is 0 Å². The number of nitrogens with one attached hydrogen (secondary N) is 1. The number of nitro groups is 1. The molecule has 7 nitrogen and oxygen atoms in total. The summed E-state index contributed by atoms with van der Waals surface area (Å²) in [6.07, 6.45) is 0. The third-order valence-corrected chi connectivity index (χ3v) is 2.57. The Kier molecular flexibility index (Phi) is 3.81. The van der Waals surface area contributed by atoms with E-state index in [1.807, 2.05) is 0 Å². The minimum Gasteiger partial charge on any atom is -0.432 e. The Morgan fingerprint density at radius 2 is 2.15 bits per heavy atom. The number of aromatic nitrogens is 1. The summed E-state index contributed by atoms with van der Waals surface area (Å²) >= 11 is 5.71. The maximum atomic E-state index is 10.9. The van der Waals surface area contributed by atoms with Crippen LogP contribution in [0.5, 0.6) is 11.6 Å². The van der Waals surface area contributed by atoms with E-state index < -0.39 is 4.92 Å². The van der Waals surface area contributed by atoms with E-state index in [0.29, 0.717) is 0 Å². The molecule has 20 heavy (non-hydrogen) atoms. The molecular weight excluding hydrogens is 284 g/mol. The van der Waals surface area contributed by atoms with Gasteiger partial charge in [-0.3, -0.25) is 15.5 Å². The second-order valence-electron chi connectivity index (χ2n) is 3.75. The van der Waals surface area contributed by atoms with E-state index in [9.17, 15) is 10.1 Å². The van der Waals surface area contributed by atoms with Crippen LogP contribution in [0.15, 0.2) is 36.4 Å². The van der Waals surface area contributed by atoms with Crippen molar-refractivity contribution in [3.63, 3.8) is 0 Å². The minimum atomic E-state index is -0.601. The Hall–Kier alpha value is -2.67. The fraction of sp³-hybridized carbons (Fsp3) is 0. The van der Waals surface area contributed by atoms with Crippen LogP contribution >= 0.6 is 11.6 Å². The molecule has 2 rings (SSSR count). The van der Waals surface area contributed by atoms with Crippen LogP contribution in [-0.4, -0.2) is 15.7 Å². The molecule has 0 bridgehead atoms. The molecule has 1 aromatic heterocycles. The van der Waals surface area contributed by atoms with Crippen LogP contribution in [0.3, 0.4) is 0 Å². The number of hydrogen-bond donors (Lipinski definition) is 2. The Bertz CT molecular complexity index is 690. The van der Waals surface area contributed by atoms with E-state index in [2.05, 4.69) is 4.98 Å². The molecule has 0 saturated carbocycles. The first-order valence-electron chi connectivity index (χ1n) is 5.40. The summed E-state index contributed by atoms with van der Waals surface area (Å²) in [4.78, 5) is 14.3. The van der Waals surface area contributed by atoms with Gasteiger partial charge >= 0.3 is 5.69 Å². The zero-order chi connectivity index (χ0) is 14.7. The van der Waals surface area contributed by atoms with Crippen LogP contribution in [0.4, 0.5) is 5.69 Å². The lowest BCUT2D eigenvalue weighted by molar-refractivity contribution is -0.385. The van der Waals surface area contributed by atoms with E-state index >= 15 is 0 Å². The molecule has 1 aromatic carbocycles. The number of halogens is 1. The lowest BCUT2D eigenvalue weighted by Crippen LogP contribution is -2.13. The van der Waals surface area contributed by atoms with Crippen LogP contribution in [-0.2, 0) is 0 Å². The molecule has 1 heterocycles. The first kappa shape index (κ1) is 13.8. The summed E-state index contributed by atoms with van der Waals surface area (Å²) in [5, 5.41) is 18.4. The van der Waals surface area contributed by atoms with E-state index in [1.54, 1.807) is 6.07 Å². The molecule has 3 N–H and O–H groups in total. The fourth-order valence-corrected chi connectivity index (χ4v) is 1.62. The number of nitrogen functional groups attached to an aromatic ring is 1. The van der Waals surface area contributed by atoms with Crippen molar-refractivity contribution in [2.24, 2.45) is 5.73 Å². The van der Waals surface area contributed by atoms with Gasteiger partial charge in [0.25, 0.3) is 0 Å². The number of rotatable bonds is 4. The molecule has 0 fully saturated rings. The van der Waals surface area contributed by atoms with Crippen molar-refractivity contribution in [1.29, 1.82) is 5.41 Å². The van der Waals surface area contributed by atoms with Gasteiger partial charge in [-0.15, -0.1) is 0 Å². The standard InChI is InChI=1S/C12H9ClN4O3/c13-7-4-5-10(9(6-7)17(18)19)20-11-3-1-2-8(16-11)12(14)15/h1-6H,(H3,14,15). The van der Waals surface area contributed by atoms with Crippen LogP contribution in [0.2, 0.25) is 5.02 Å². The summed E-state index contributed by atoms with van der Waals surface area (Å²) in [7, 11) is 0. The van der Waals surface area contributed by atoms with Crippen molar-refractivity contribution in [3.8, 4) is 11.6 Å². The zero-order valence-corrected chi connectivity index (χ0v) is 10.8. The van der Waals surface area contributed by atoms with Crippen LogP contribution < -0.4 is 10.5 Å². The highest BCUT2D eigenvalue weighted by atomic mass is 35.5. The Labute approximate surface area is 118 Å². The quantitative estimate of drug-likeness (QED) is 0.389. The number of ether oxygens (including phenoxy) is 1. The largest absolute Gasteiger partial charge is 0.432 e. The third-order valence-electron chi connectivity index (χ3n) is 2.33. The van der Waals surface area contributed by atoms with Crippen LogP contribution in [0.1, 0.15) is 5.69 Å². The van der Waals surface area contributed by atoms with Gasteiger partial charge < -0.3 is 10.5 Å². The number of pyridine rings is 1. The molecule has 0 aliphatic heterocycles. The topological polar surface area (TPSA) is 115 Å².